The number of benzene rings is 2. The van der Waals surface area contributed by atoms with Crippen LogP contribution in [0.15, 0.2) is 36.4 Å². The zero-order valence-electron chi connectivity index (χ0n) is 27.6. The summed E-state index contributed by atoms with van der Waals surface area (Å²) < 4.78 is 81.2. The molecular formula is C34H35F5N6O5S. The third-order valence-corrected chi connectivity index (χ3v) is 9.09. The molecule has 2 amide bonds. The number of piperidine rings is 1. The summed E-state index contributed by atoms with van der Waals surface area (Å²) in [6.07, 6.45) is -5.97. The van der Waals surface area contributed by atoms with E-state index in [0.29, 0.717) is 22.6 Å². The number of hydrogen-bond donors (Lipinski definition) is 4. The summed E-state index contributed by atoms with van der Waals surface area (Å²) in [5.74, 6) is 0.425. The van der Waals surface area contributed by atoms with Crippen molar-refractivity contribution in [1.29, 1.82) is 5.26 Å². The number of nitrogens with one attached hydrogen (secondary N) is 3. The number of anilines is 2. The molecule has 2 unspecified atom stereocenters. The topological polar surface area (TPSA) is 159 Å². The van der Waals surface area contributed by atoms with Crippen LogP contribution in [0.4, 0.5) is 33.3 Å². The molecular weight excluding hydrogens is 699 g/mol. The van der Waals surface area contributed by atoms with E-state index in [0.717, 1.165) is 18.4 Å². The number of primary amides is 1. The average molecular weight is 735 g/mol. The number of thiophene rings is 1. The van der Waals surface area contributed by atoms with E-state index < -0.39 is 61.5 Å². The molecule has 0 spiro atoms. The Kier molecular flexibility index (Phi) is 12.7. The molecule has 17 heteroatoms. The van der Waals surface area contributed by atoms with Crippen LogP contribution in [0.1, 0.15) is 40.1 Å². The molecule has 2 aromatic carbocycles. The van der Waals surface area contributed by atoms with Gasteiger partial charge in [-0.05, 0) is 55.1 Å². The number of nitrogens with zero attached hydrogens (tertiary/aromatic N) is 2. The summed E-state index contributed by atoms with van der Waals surface area (Å²) >= 11 is 0.976. The first-order valence-electron chi connectivity index (χ1n) is 15.6. The fourth-order valence-electron chi connectivity index (χ4n) is 5.46. The highest BCUT2D eigenvalue weighted by molar-refractivity contribution is 7.20. The van der Waals surface area contributed by atoms with Gasteiger partial charge in [-0.15, -0.1) is 11.3 Å². The summed E-state index contributed by atoms with van der Waals surface area (Å²) in [5.41, 5.74) is 5.73. The van der Waals surface area contributed by atoms with Crippen LogP contribution < -0.4 is 26.4 Å². The van der Waals surface area contributed by atoms with Gasteiger partial charge in [-0.1, -0.05) is 24.0 Å². The van der Waals surface area contributed by atoms with Crippen molar-refractivity contribution >= 4 is 50.6 Å². The second-order valence-corrected chi connectivity index (χ2v) is 12.8. The number of rotatable bonds is 13. The fraction of sp³-hybridized carbons (Fsp3) is 0.412. The standard InChI is InChI=1S/C34H35F5N6O5S/c1-45-15-12-28(33(35,36)19-45)43-24-6-3-5-21-22(18-34(37,38)39)27(51-30(21)24)7-4-14-42-23-9-8-20(17-26(23)50-16-13-40)31(47)44-25(32(48)49-2)10-11-29(41)46/h3,5-6,8-9,17,25,28,42-43H,10-12,14-16,18-19H2,1-2H3,(H2,41,46)(H,44,47). The molecule has 1 saturated heterocycles. The number of methoxy groups -OCH3 is 1. The van der Waals surface area contributed by atoms with Gasteiger partial charge >= 0.3 is 12.1 Å². The number of nitriles is 1. The van der Waals surface area contributed by atoms with Gasteiger partial charge in [0.2, 0.25) is 5.91 Å². The van der Waals surface area contributed by atoms with Crippen LogP contribution in [-0.2, 0) is 20.7 Å². The van der Waals surface area contributed by atoms with Crippen LogP contribution in [0, 0.1) is 23.2 Å². The molecule has 51 heavy (non-hydrogen) atoms. The van der Waals surface area contributed by atoms with E-state index in [2.05, 4.69) is 32.5 Å². The van der Waals surface area contributed by atoms with Gasteiger partial charge < -0.3 is 36.1 Å². The van der Waals surface area contributed by atoms with Crippen LogP contribution in [0.3, 0.4) is 0 Å². The van der Waals surface area contributed by atoms with Gasteiger partial charge in [0.15, 0.2) is 6.61 Å². The van der Waals surface area contributed by atoms with Gasteiger partial charge in [0, 0.05) is 18.5 Å². The lowest BCUT2D eigenvalue weighted by Crippen LogP contribution is -2.53. The van der Waals surface area contributed by atoms with Crippen molar-refractivity contribution in [1.82, 2.24) is 10.2 Å². The lowest BCUT2D eigenvalue weighted by Gasteiger charge is -2.37. The van der Waals surface area contributed by atoms with Crippen molar-refractivity contribution in [3.05, 3.63) is 52.4 Å². The summed E-state index contributed by atoms with van der Waals surface area (Å²) in [5, 5.41) is 17.6. The summed E-state index contributed by atoms with van der Waals surface area (Å²) in [7, 11) is 2.72. The van der Waals surface area contributed by atoms with Crippen LogP contribution in [0.25, 0.3) is 10.1 Å². The Hall–Kier alpha value is -5.13. The Balaban J connectivity index is 1.56. The number of amides is 2. The van der Waals surface area contributed by atoms with E-state index in [4.69, 9.17) is 15.7 Å². The third kappa shape index (κ3) is 10.4. The van der Waals surface area contributed by atoms with Crippen molar-refractivity contribution in [2.24, 2.45) is 5.73 Å². The van der Waals surface area contributed by atoms with Gasteiger partial charge in [-0.2, -0.15) is 18.4 Å². The smallest absolute Gasteiger partial charge is 0.393 e. The highest BCUT2D eigenvalue weighted by Crippen LogP contribution is 2.40. The van der Waals surface area contributed by atoms with Crippen molar-refractivity contribution in [3.8, 4) is 23.7 Å². The number of esters is 1. The van der Waals surface area contributed by atoms with Crippen molar-refractivity contribution in [2.75, 3.05) is 51.0 Å². The van der Waals surface area contributed by atoms with Gasteiger partial charge in [0.25, 0.3) is 11.8 Å². The predicted octanol–water partition coefficient (Wildman–Crippen LogP) is 4.66. The maximum Gasteiger partial charge on any atom is 0.393 e. The minimum Gasteiger partial charge on any atom is -0.477 e. The molecule has 2 atom stereocenters. The van der Waals surface area contributed by atoms with Gasteiger partial charge in [0.05, 0.1) is 53.6 Å². The molecule has 2 heterocycles. The molecule has 1 aliphatic rings. The van der Waals surface area contributed by atoms with E-state index >= 15 is 0 Å². The number of nitrogens with two attached hydrogens (primary N) is 1. The number of fused-ring (bicyclic) bond motifs is 1. The predicted molar refractivity (Wildman–Crippen MR) is 181 cm³/mol. The highest BCUT2D eigenvalue weighted by Gasteiger charge is 2.44. The fourth-order valence-corrected chi connectivity index (χ4v) is 6.63. The zero-order chi connectivity index (χ0) is 37.3. The summed E-state index contributed by atoms with van der Waals surface area (Å²) in [4.78, 5) is 37.9. The Morgan fingerprint density at radius 2 is 1.96 bits per heavy atom. The van der Waals surface area contributed by atoms with Crippen molar-refractivity contribution in [3.63, 3.8) is 0 Å². The highest BCUT2D eigenvalue weighted by atomic mass is 32.1. The number of likely N-dealkylation sites (tertiary alicyclic amines) is 1. The zero-order valence-corrected chi connectivity index (χ0v) is 28.4. The van der Waals surface area contributed by atoms with E-state index in [1.807, 2.05) is 6.07 Å². The first-order chi connectivity index (χ1) is 24.1. The maximum absolute atomic E-state index is 14.8. The number of ether oxygens (including phenoxy) is 2. The first-order valence-corrected chi connectivity index (χ1v) is 16.4. The SMILES string of the molecule is COC(=O)C(CCC(N)=O)NC(=O)c1ccc(NCC#Cc2sc3c(NC4CCN(C)CC4(F)F)cccc3c2CC(F)(F)F)c(OCC#N)c1. The van der Waals surface area contributed by atoms with Crippen LogP contribution >= 0.6 is 11.3 Å². The molecule has 0 saturated carbocycles. The quantitative estimate of drug-likeness (QED) is 0.111. The summed E-state index contributed by atoms with van der Waals surface area (Å²) in [6, 6.07) is 8.19. The molecule has 5 N–H and O–H groups in total. The maximum atomic E-state index is 14.8. The van der Waals surface area contributed by atoms with Crippen LogP contribution in [0.2, 0.25) is 0 Å². The molecule has 1 aliphatic heterocycles. The number of carbonyl (C=O) groups excluding carboxylic acids is 3. The minimum atomic E-state index is -4.56. The molecule has 0 bridgehead atoms. The number of hydrogen-bond acceptors (Lipinski definition) is 10. The summed E-state index contributed by atoms with van der Waals surface area (Å²) in [6.45, 7) is -0.498. The molecule has 1 aromatic heterocycles. The van der Waals surface area contributed by atoms with Crippen LogP contribution in [0.5, 0.6) is 5.75 Å². The molecule has 4 rings (SSSR count). The van der Waals surface area contributed by atoms with Crippen LogP contribution in [-0.4, -0.2) is 87.3 Å². The monoisotopic (exact) mass is 734 g/mol. The van der Waals surface area contributed by atoms with Crippen molar-refractivity contribution < 1.29 is 45.8 Å². The molecule has 1 fully saturated rings. The van der Waals surface area contributed by atoms with Gasteiger partial charge in [-0.25, -0.2) is 13.6 Å². The largest absolute Gasteiger partial charge is 0.477 e. The van der Waals surface area contributed by atoms with E-state index in [1.54, 1.807) is 13.1 Å². The molecule has 0 radical (unpaired) electrons. The van der Waals surface area contributed by atoms with Gasteiger partial charge in [-0.3, -0.25) is 9.59 Å². The third-order valence-electron chi connectivity index (χ3n) is 7.89. The van der Waals surface area contributed by atoms with Crippen molar-refractivity contribution in [2.45, 2.75) is 49.9 Å². The van der Waals surface area contributed by atoms with E-state index in [-0.39, 0.29) is 52.9 Å². The van der Waals surface area contributed by atoms with E-state index in [9.17, 15) is 36.3 Å². The molecule has 11 nitrogen and oxygen atoms in total. The molecule has 0 aliphatic carbocycles. The Labute approximate surface area is 294 Å². The average Bonchev–Trinajstić information content (AvgIpc) is 3.40. The number of halogens is 5. The second-order valence-electron chi connectivity index (χ2n) is 11.7. The lowest BCUT2D eigenvalue weighted by atomic mass is 10.0. The number of alkyl halides is 5. The second kappa shape index (κ2) is 16.7. The normalized spacial score (nSPS) is 16.2. The lowest BCUT2D eigenvalue weighted by molar-refractivity contribution is -0.143. The Morgan fingerprint density at radius 3 is 2.63 bits per heavy atom. The Morgan fingerprint density at radius 1 is 1.20 bits per heavy atom. The Bertz CT molecular complexity index is 1870. The molecule has 3 aromatic rings. The number of carbonyl (C=O) groups is 3. The minimum absolute atomic E-state index is 0.0389. The molecule has 272 valence electrons. The van der Waals surface area contributed by atoms with Gasteiger partial charge in [0.1, 0.15) is 17.9 Å². The first kappa shape index (κ1) is 38.7. The van der Waals surface area contributed by atoms with E-state index in [1.165, 1.54) is 35.2 Å².